The summed E-state index contributed by atoms with van der Waals surface area (Å²) in [5.41, 5.74) is -1.00. The van der Waals surface area contributed by atoms with Gasteiger partial charge in [-0.15, -0.1) is 0 Å². The number of urea groups is 1. The van der Waals surface area contributed by atoms with Gasteiger partial charge in [0.25, 0.3) is 5.91 Å². The van der Waals surface area contributed by atoms with Crippen LogP contribution in [0, 0.1) is 5.92 Å². The molecule has 4 rings (SSSR count). The molecular formula is C19H19ClF3N3O3. The van der Waals surface area contributed by atoms with Crippen molar-refractivity contribution in [2.24, 2.45) is 5.92 Å². The van der Waals surface area contributed by atoms with Gasteiger partial charge in [-0.25, -0.2) is 4.79 Å². The van der Waals surface area contributed by atoms with Gasteiger partial charge in [0.2, 0.25) is 5.91 Å². The normalized spacial score (nSPS) is 26.4. The molecule has 4 amide bonds. The highest BCUT2D eigenvalue weighted by Crippen LogP contribution is 2.45. The van der Waals surface area contributed by atoms with Crippen LogP contribution in [0.15, 0.2) is 12.1 Å². The second-order valence-electron chi connectivity index (χ2n) is 7.88. The second kappa shape index (κ2) is 6.62. The van der Waals surface area contributed by atoms with Crippen LogP contribution in [0.25, 0.3) is 0 Å². The highest BCUT2D eigenvalue weighted by atomic mass is 35.5. The number of halogens is 4. The topological polar surface area (TPSA) is 78.5 Å². The lowest BCUT2D eigenvalue weighted by atomic mass is 9.87. The van der Waals surface area contributed by atoms with Crippen molar-refractivity contribution in [1.29, 1.82) is 0 Å². The van der Waals surface area contributed by atoms with Gasteiger partial charge in [0, 0.05) is 13.0 Å². The summed E-state index contributed by atoms with van der Waals surface area (Å²) < 4.78 is 39.4. The molecule has 0 spiro atoms. The van der Waals surface area contributed by atoms with Gasteiger partial charge in [0.05, 0.1) is 16.6 Å². The van der Waals surface area contributed by atoms with E-state index in [-0.39, 0.29) is 31.2 Å². The number of nitrogens with zero attached hydrogens (tertiary/aromatic N) is 1. The minimum Gasteiger partial charge on any atom is -0.332 e. The van der Waals surface area contributed by atoms with E-state index in [9.17, 15) is 27.6 Å². The summed E-state index contributed by atoms with van der Waals surface area (Å²) in [6.45, 7) is 1.82. The number of hydrogen-bond acceptors (Lipinski definition) is 3. The van der Waals surface area contributed by atoms with Crippen LogP contribution in [0.5, 0.6) is 0 Å². The summed E-state index contributed by atoms with van der Waals surface area (Å²) >= 11 is 5.80. The Morgan fingerprint density at radius 3 is 2.55 bits per heavy atom. The van der Waals surface area contributed by atoms with E-state index in [1.807, 2.05) is 0 Å². The molecule has 10 heteroatoms. The maximum atomic E-state index is 13.1. The highest BCUT2D eigenvalue weighted by molar-refractivity contribution is 6.31. The molecule has 1 aliphatic carbocycles. The van der Waals surface area contributed by atoms with Crippen LogP contribution in [0.4, 0.5) is 18.0 Å². The monoisotopic (exact) mass is 429 g/mol. The lowest BCUT2D eigenvalue weighted by Gasteiger charge is -2.28. The first kappa shape index (κ1) is 20.0. The number of amides is 4. The maximum Gasteiger partial charge on any atom is 0.417 e. The number of imide groups is 1. The Bertz CT molecular complexity index is 916. The molecule has 1 saturated heterocycles. The molecule has 29 heavy (non-hydrogen) atoms. The Labute approximate surface area is 169 Å². The first-order chi connectivity index (χ1) is 13.5. The third-order valence-corrected chi connectivity index (χ3v) is 6.40. The molecule has 1 aromatic carbocycles. The molecule has 0 bridgehead atoms. The maximum absolute atomic E-state index is 13.1. The first-order valence-corrected chi connectivity index (χ1v) is 9.73. The molecular weight excluding hydrogens is 411 g/mol. The van der Waals surface area contributed by atoms with Crippen molar-refractivity contribution >= 4 is 29.4 Å². The van der Waals surface area contributed by atoms with E-state index in [0.717, 1.165) is 18.9 Å². The molecule has 3 aliphatic rings. The van der Waals surface area contributed by atoms with Crippen LogP contribution >= 0.6 is 11.6 Å². The van der Waals surface area contributed by atoms with Crippen LogP contribution in [-0.2, 0) is 22.3 Å². The molecule has 1 saturated carbocycles. The smallest absolute Gasteiger partial charge is 0.332 e. The average molecular weight is 430 g/mol. The predicted octanol–water partition coefficient (Wildman–Crippen LogP) is 3.53. The number of hydrogen-bond donors (Lipinski definition) is 2. The van der Waals surface area contributed by atoms with Gasteiger partial charge in [-0.05, 0) is 55.4 Å². The van der Waals surface area contributed by atoms with Crippen LogP contribution in [0.1, 0.15) is 55.3 Å². The fraction of sp³-hybridized carbons (Fsp3) is 0.526. The Balaban J connectivity index is 1.50. The Hall–Kier alpha value is -2.29. The Kier molecular flexibility index (Phi) is 4.56. The molecule has 2 atom stereocenters. The summed E-state index contributed by atoms with van der Waals surface area (Å²) in [6, 6.07) is 1.16. The molecule has 156 valence electrons. The molecule has 0 radical (unpaired) electrons. The average Bonchev–Trinajstić information content (AvgIpc) is 3.36. The van der Waals surface area contributed by atoms with Crippen LogP contribution in [-0.4, -0.2) is 28.3 Å². The van der Waals surface area contributed by atoms with E-state index in [1.165, 1.54) is 11.0 Å². The molecule has 0 aromatic heterocycles. The van der Waals surface area contributed by atoms with Gasteiger partial charge in [0.15, 0.2) is 0 Å². The molecule has 2 fully saturated rings. The summed E-state index contributed by atoms with van der Waals surface area (Å²) in [6.07, 6.45) is -2.82. The minimum atomic E-state index is -4.58. The van der Waals surface area contributed by atoms with Gasteiger partial charge in [-0.3, -0.25) is 14.9 Å². The van der Waals surface area contributed by atoms with Crippen molar-refractivity contribution in [3.05, 3.63) is 33.8 Å². The summed E-state index contributed by atoms with van der Waals surface area (Å²) in [4.78, 5) is 38.2. The zero-order valence-corrected chi connectivity index (χ0v) is 16.3. The SMILES string of the molecule is C[C@H]1c2cc(C(F)(F)F)c(Cl)cc2CN1C(=O)CC[C@@]1(C2CC2)NC(=O)NC1=O. The fourth-order valence-corrected chi connectivity index (χ4v) is 4.66. The Morgan fingerprint density at radius 1 is 1.31 bits per heavy atom. The van der Waals surface area contributed by atoms with Crippen molar-refractivity contribution in [2.45, 2.75) is 56.9 Å². The van der Waals surface area contributed by atoms with Crippen LogP contribution in [0.3, 0.4) is 0 Å². The predicted molar refractivity (Wildman–Crippen MR) is 96.8 cm³/mol. The van der Waals surface area contributed by atoms with E-state index in [0.29, 0.717) is 11.1 Å². The number of carbonyl (C=O) groups is 3. The van der Waals surface area contributed by atoms with Gasteiger partial charge in [0.1, 0.15) is 5.54 Å². The lowest BCUT2D eigenvalue weighted by molar-refractivity contribution is -0.137. The number of rotatable bonds is 4. The molecule has 2 aliphatic heterocycles. The van der Waals surface area contributed by atoms with E-state index in [2.05, 4.69) is 10.6 Å². The lowest BCUT2D eigenvalue weighted by Crippen LogP contribution is -2.49. The van der Waals surface area contributed by atoms with Crippen LogP contribution < -0.4 is 10.6 Å². The third kappa shape index (κ3) is 3.35. The number of benzene rings is 1. The zero-order chi connectivity index (χ0) is 21.1. The first-order valence-electron chi connectivity index (χ1n) is 9.35. The number of alkyl halides is 3. The van der Waals surface area contributed by atoms with E-state index < -0.39 is 40.3 Å². The Morgan fingerprint density at radius 2 is 2.00 bits per heavy atom. The van der Waals surface area contributed by atoms with Crippen molar-refractivity contribution < 1.29 is 27.6 Å². The van der Waals surface area contributed by atoms with Gasteiger partial charge < -0.3 is 10.2 Å². The van der Waals surface area contributed by atoms with Crippen LogP contribution in [0.2, 0.25) is 5.02 Å². The van der Waals surface area contributed by atoms with E-state index in [1.54, 1.807) is 6.92 Å². The molecule has 1 aromatic rings. The summed E-state index contributed by atoms with van der Waals surface area (Å²) in [5.74, 6) is -0.701. The molecule has 2 heterocycles. The highest BCUT2D eigenvalue weighted by Gasteiger charge is 2.55. The third-order valence-electron chi connectivity index (χ3n) is 6.09. The zero-order valence-electron chi connectivity index (χ0n) is 15.5. The number of fused-ring (bicyclic) bond motifs is 1. The fourth-order valence-electron chi connectivity index (χ4n) is 4.36. The molecule has 2 N–H and O–H groups in total. The van der Waals surface area contributed by atoms with Gasteiger partial charge in [-0.2, -0.15) is 13.2 Å². The summed E-state index contributed by atoms with van der Waals surface area (Å²) in [7, 11) is 0. The van der Waals surface area contributed by atoms with Crippen molar-refractivity contribution in [3.63, 3.8) is 0 Å². The van der Waals surface area contributed by atoms with Crippen molar-refractivity contribution in [3.8, 4) is 0 Å². The largest absolute Gasteiger partial charge is 0.417 e. The van der Waals surface area contributed by atoms with E-state index >= 15 is 0 Å². The standard InChI is InChI=1S/C19H19ClF3N3O3/c1-9-12-7-13(19(21,22)23)14(20)6-10(12)8-26(9)15(27)4-5-18(11-2-3-11)16(28)24-17(29)25-18/h6-7,9,11H,2-5,8H2,1H3,(H2,24,25,28,29)/t9-,18-/m0/s1. The van der Waals surface area contributed by atoms with Crippen molar-refractivity contribution in [1.82, 2.24) is 15.5 Å². The van der Waals surface area contributed by atoms with Gasteiger partial charge >= 0.3 is 12.2 Å². The molecule has 6 nitrogen and oxygen atoms in total. The number of carbonyl (C=O) groups excluding carboxylic acids is 3. The van der Waals surface area contributed by atoms with Crippen molar-refractivity contribution in [2.75, 3.05) is 0 Å². The molecule has 0 unspecified atom stereocenters. The van der Waals surface area contributed by atoms with Gasteiger partial charge in [-0.1, -0.05) is 11.6 Å². The summed E-state index contributed by atoms with van der Waals surface area (Å²) in [5, 5.41) is 4.52. The van der Waals surface area contributed by atoms with E-state index in [4.69, 9.17) is 11.6 Å². The second-order valence-corrected chi connectivity index (χ2v) is 8.29. The quantitative estimate of drug-likeness (QED) is 0.719. The number of nitrogens with one attached hydrogen (secondary N) is 2. The minimum absolute atomic E-state index is 0.00237.